The van der Waals surface area contributed by atoms with Crippen LogP contribution in [0.3, 0.4) is 0 Å². The van der Waals surface area contributed by atoms with E-state index in [9.17, 15) is 9.18 Å². The van der Waals surface area contributed by atoms with Crippen LogP contribution in [0.2, 0.25) is 0 Å². The average molecular weight is 347 g/mol. The zero-order valence-corrected chi connectivity index (χ0v) is 15.1. The van der Waals surface area contributed by atoms with Crippen LogP contribution in [0.1, 0.15) is 44.1 Å². The molecule has 4 nitrogen and oxygen atoms in total. The predicted molar refractivity (Wildman–Crippen MR) is 98.1 cm³/mol. The van der Waals surface area contributed by atoms with Gasteiger partial charge in [0.1, 0.15) is 5.82 Å². The number of piperazine rings is 1. The van der Waals surface area contributed by atoms with Crippen LogP contribution in [-0.4, -0.2) is 54.6 Å². The molecule has 138 valence electrons. The maximum atomic E-state index is 13.6. The van der Waals surface area contributed by atoms with E-state index in [1.54, 1.807) is 12.1 Å². The van der Waals surface area contributed by atoms with Crippen LogP contribution < -0.4 is 5.32 Å². The molecule has 25 heavy (non-hydrogen) atoms. The van der Waals surface area contributed by atoms with Crippen molar-refractivity contribution >= 4 is 6.03 Å². The Hall–Kier alpha value is -1.62. The van der Waals surface area contributed by atoms with Gasteiger partial charge in [0.25, 0.3) is 0 Å². The Labute approximate surface area is 150 Å². The lowest BCUT2D eigenvalue weighted by Gasteiger charge is -2.39. The van der Waals surface area contributed by atoms with Crippen molar-refractivity contribution in [2.45, 2.75) is 51.0 Å². The maximum Gasteiger partial charge on any atom is 0.317 e. The van der Waals surface area contributed by atoms with Gasteiger partial charge in [-0.1, -0.05) is 43.9 Å². The first kappa shape index (κ1) is 18.2. The minimum absolute atomic E-state index is 0.0168. The Kier molecular flexibility index (Phi) is 6.68. The van der Waals surface area contributed by atoms with Gasteiger partial charge in [0.15, 0.2) is 0 Å². The van der Waals surface area contributed by atoms with Crippen molar-refractivity contribution in [1.82, 2.24) is 15.1 Å². The van der Waals surface area contributed by atoms with E-state index in [-0.39, 0.29) is 11.8 Å². The average Bonchev–Trinajstić information content (AvgIpc) is 2.93. The van der Waals surface area contributed by atoms with Crippen molar-refractivity contribution < 1.29 is 9.18 Å². The highest BCUT2D eigenvalue weighted by Crippen LogP contribution is 2.22. The van der Waals surface area contributed by atoms with Crippen molar-refractivity contribution in [1.29, 1.82) is 0 Å². The molecule has 2 amide bonds. The molecule has 1 saturated carbocycles. The second kappa shape index (κ2) is 9.18. The van der Waals surface area contributed by atoms with Gasteiger partial charge in [0.05, 0.1) is 0 Å². The number of amides is 2. The standard InChI is InChI=1S/C20H30FN3O/c21-19-10-6-5-7-17(19)11-12-22-20(25)24-15-13-23(14-16-24)18-8-3-1-2-4-9-18/h5-7,10,18H,1-4,8-9,11-16H2,(H,22,25). The fraction of sp³-hybridized carbons (Fsp3) is 0.650. The van der Waals surface area contributed by atoms with Crippen molar-refractivity contribution in [3.05, 3.63) is 35.6 Å². The molecular formula is C20H30FN3O. The Bertz CT molecular complexity index is 550. The SMILES string of the molecule is O=C(NCCc1ccccc1F)N1CCN(C2CCCCCC2)CC1. The van der Waals surface area contributed by atoms with Gasteiger partial charge in [-0.2, -0.15) is 0 Å². The molecule has 1 aromatic carbocycles. The maximum absolute atomic E-state index is 13.6. The first-order valence-corrected chi connectivity index (χ1v) is 9.74. The molecule has 0 unspecified atom stereocenters. The van der Waals surface area contributed by atoms with E-state index in [0.29, 0.717) is 24.6 Å². The van der Waals surface area contributed by atoms with Crippen LogP contribution in [0.4, 0.5) is 9.18 Å². The third kappa shape index (κ3) is 5.18. The summed E-state index contributed by atoms with van der Waals surface area (Å²) in [7, 11) is 0. The first-order chi connectivity index (χ1) is 12.2. The minimum atomic E-state index is -0.200. The quantitative estimate of drug-likeness (QED) is 0.847. The number of carbonyl (C=O) groups excluding carboxylic acids is 1. The minimum Gasteiger partial charge on any atom is -0.338 e. The summed E-state index contributed by atoms with van der Waals surface area (Å²) in [5.74, 6) is -0.200. The van der Waals surface area contributed by atoms with E-state index in [0.717, 1.165) is 26.2 Å². The van der Waals surface area contributed by atoms with Crippen LogP contribution in [-0.2, 0) is 6.42 Å². The molecule has 5 heteroatoms. The van der Waals surface area contributed by atoms with Gasteiger partial charge in [-0.15, -0.1) is 0 Å². The van der Waals surface area contributed by atoms with Crippen molar-refractivity contribution in [2.75, 3.05) is 32.7 Å². The van der Waals surface area contributed by atoms with Gasteiger partial charge >= 0.3 is 6.03 Å². The Balaban J connectivity index is 1.38. The summed E-state index contributed by atoms with van der Waals surface area (Å²) in [4.78, 5) is 16.8. The fourth-order valence-electron chi connectivity index (χ4n) is 4.03. The number of rotatable bonds is 4. The molecule has 1 aliphatic carbocycles. The van der Waals surface area contributed by atoms with Gasteiger partial charge in [0, 0.05) is 38.8 Å². The normalized spacial score (nSPS) is 20.3. The topological polar surface area (TPSA) is 35.6 Å². The molecule has 2 fully saturated rings. The molecule has 1 aliphatic heterocycles. The molecule has 1 aromatic rings. The number of hydrogen-bond acceptors (Lipinski definition) is 2. The molecule has 0 bridgehead atoms. The predicted octanol–water partition coefficient (Wildman–Crippen LogP) is 3.42. The van der Waals surface area contributed by atoms with Crippen LogP contribution in [0.15, 0.2) is 24.3 Å². The number of nitrogens with one attached hydrogen (secondary N) is 1. The number of halogens is 1. The van der Waals surface area contributed by atoms with Gasteiger partial charge in [0.2, 0.25) is 0 Å². The molecule has 0 atom stereocenters. The largest absolute Gasteiger partial charge is 0.338 e. The van der Waals surface area contributed by atoms with Crippen LogP contribution >= 0.6 is 0 Å². The molecule has 0 spiro atoms. The lowest BCUT2D eigenvalue weighted by atomic mass is 10.1. The van der Waals surface area contributed by atoms with Crippen LogP contribution in [0.5, 0.6) is 0 Å². The van der Waals surface area contributed by atoms with E-state index in [1.165, 1.54) is 44.6 Å². The summed E-state index contributed by atoms with van der Waals surface area (Å²) < 4.78 is 13.6. The molecule has 3 rings (SSSR count). The highest BCUT2D eigenvalue weighted by molar-refractivity contribution is 5.74. The monoisotopic (exact) mass is 347 g/mol. The van der Waals surface area contributed by atoms with Gasteiger partial charge in [-0.25, -0.2) is 9.18 Å². The van der Waals surface area contributed by atoms with Gasteiger partial charge in [-0.05, 0) is 30.9 Å². The summed E-state index contributed by atoms with van der Waals surface area (Å²) >= 11 is 0. The number of urea groups is 1. The lowest BCUT2D eigenvalue weighted by Crippen LogP contribution is -2.54. The highest BCUT2D eigenvalue weighted by atomic mass is 19.1. The Morgan fingerprint density at radius 1 is 1.04 bits per heavy atom. The van der Waals surface area contributed by atoms with Crippen LogP contribution in [0.25, 0.3) is 0 Å². The highest BCUT2D eigenvalue weighted by Gasteiger charge is 2.26. The van der Waals surface area contributed by atoms with Crippen molar-refractivity contribution in [3.8, 4) is 0 Å². The lowest BCUT2D eigenvalue weighted by molar-refractivity contribution is 0.101. The van der Waals surface area contributed by atoms with E-state index >= 15 is 0 Å². The summed E-state index contributed by atoms with van der Waals surface area (Å²) in [5.41, 5.74) is 0.654. The third-order valence-electron chi connectivity index (χ3n) is 5.57. The van der Waals surface area contributed by atoms with Crippen LogP contribution in [0, 0.1) is 5.82 Å². The second-order valence-corrected chi connectivity index (χ2v) is 7.24. The zero-order chi connectivity index (χ0) is 17.5. The van der Waals surface area contributed by atoms with E-state index < -0.39 is 0 Å². The molecule has 0 radical (unpaired) electrons. The molecule has 2 aliphatic rings. The summed E-state index contributed by atoms with van der Waals surface area (Å²) in [6.45, 7) is 4.02. The van der Waals surface area contributed by atoms with E-state index in [2.05, 4.69) is 10.2 Å². The number of hydrogen-bond donors (Lipinski definition) is 1. The molecule has 0 aromatic heterocycles. The number of nitrogens with zero attached hydrogens (tertiary/aromatic N) is 2. The summed E-state index contributed by atoms with van der Waals surface area (Å²) in [5, 5.41) is 2.93. The smallest absolute Gasteiger partial charge is 0.317 e. The Morgan fingerprint density at radius 3 is 2.40 bits per heavy atom. The molecule has 1 N–H and O–H groups in total. The molecular weight excluding hydrogens is 317 g/mol. The third-order valence-corrected chi connectivity index (χ3v) is 5.57. The summed E-state index contributed by atoms with van der Waals surface area (Å²) in [6.07, 6.45) is 8.61. The summed E-state index contributed by atoms with van der Waals surface area (Å²) in [6, 6.07) is 7.44. The zero-order valence-electron chi connectivity index (χ0n) is 15.1. The number of benzene rings is 1. The number of carbonyl (C=O) groups is 1. The Morgan fingerprint density at radius 2 is 1.72 bits per heavy atom. The molecule has 1 saturated heterocycles. The fourth-order valence-corrected chi connectivity index (χ4v) is 4.03. The second-order valence-electron chi connectivity index (χ2n) is 7.24. The van der Waals surface area contributed by atoms with Gasteiger partial charge in [-0.3, -0.25) is 4.90 Å². The van der Waals surface area contributed by atoms with Crippen molar-refractivity contribution in [3.63, 3.8) is 0 Å². The van der Waals surface area contributed by atoms with Gasteiger partial charge < -0.3 is 10.2 Å². The first-order valence-electron chi connectivity index (χ1n) is 9.74. The van der Waals surface area contributed by atoms with Crippen molar-refractivity contribution in [2.24, 2.45) is 0 Å². The van der Waals surface area contributed by atoms with E-state index in [1.807, 2.05) is 11.0 Å². The molecule has 1 heterocycles. The van der Waals surface area contributed by atoms with E-state index in [4.69, 9.17) is 0 Å².